The van der Waals surface area contributed by atoms with Crippen molar-refractivity contribution in [2.75, 3.05) is 13.7 Å². The molecule has 0 atom stereocenters. The molecule has 0 aliphatic heterocycles. The molecule has 1 aromatic carbocycles. The number of methoxy groups -OCH3 is 1. The van der Waals surface area contributed by atoms with E-state index in [1.807, 2.05) is 36.9 Å². The smallest absolute Gasteiger partial charge is 0.161 e. The van der Waals surface area contributed by atoms with E-state index in [9.17, 15) is 0 Å². The third kappa shape index (κ3) is 4.97. The predicted octanol–water partition coefficient (Wildman–Crippen LogP) is 3.02. The summed E-state index contributed by atoms with van der Waals surface area (Å²) in [5, 5.41) is 16.5. The number of nitrogens with one attached hydrogen (secondary N) is 1. The summed E-state index contributed by atoms with van der Waals surface area (Å²) >= 11 is 0. The van der Waals surface area contributed by atoms with Gasteiger partial charge in [0.1, 0.15) is 0 Å². The number of aryl methyl sites for hydroxylation is 2. The molecule has 1 N–H and O–H groups in total. The highest BCUT2D eigenvalue weighted by Crippen LogP contribution is 2.28. The first-order chi connectivity index (χ1) is 12.1. The first-order valence-corrected chi connectivity index (χ1v) is 8.43. The third-order valence-electron chi connectivity index (χ3n) is 4.21. The van der Waals surface area contributed by atoms with Crippen molar-refractivity contribution in [3.05, 3.63) is 40.7 Å². The molecule has 0 amide bonds. The van der Waals surface area contributed by atoms with Gasteiger partial charge in [-0.15, -0.1) is 0 Å². The Morgan fingerprint density at radius 2 is 2.04 bits per heavy atom. The van der Waals surface area contributed by atoms with Crippen LogP contribution in [-0.4, -0.2) is 23.5 Å². The number of hydrogen-bond donors (Lipinski definition) is 1. The highest BCUT2D eigenvalue weighted by molar-refractivity contribution is 5.43. The van der Waals surface area contributed by atoms with Crippen LogP contribution < -0.4 is 14.8 Å². The van der Waals surface area contributed by atoms with E-state index in [0.717, 1.165) is 24.3 Å². The molecule has 0 saturated carbocycles. The van der Waals surface area contributed by atoms with Crippen molar-refractivity contribution in [3.63, 3.8) is 0 Å². The molecule has 0 fully saturated rings. The summed E-state index contributed by atoms with van der Waals surface area (Å²) in [5.74, 6) is 1.42. The molecule has 1 heterocycles. The monoisotopic (exact) mass is 342 g/mol. The first kappa shape index (κ1) is 18.8. The summed E-state index contributed by atoms with van der Waals surface area (Å²) in [4.78, 5) is 0. The lowest BCUT2D eigenvalue weighted by molar-refractivity contribution is 0.290. The standard InChI is InChI=1S/C19H26N4O2/c1-14-17(15(2)23(3)22-14)13-21-12-16-7-8-18(24-4)19(11-16)25-10-6-5-9-20/h7-8,11,21H,5-6,10,12-13H2,1-4H3. The number of ether oxygens (including phenoxy) is 2. The Labute approximate surface area is 149 Å². The topological polar surface area (TPSA) is 72.1 Å². The van der Waals surface area contributed by atoms with Crippen molar-refractivity contribution < 1.29 is 9.47 Å². The summed E-state index contributed by atoms with van der Waals surface area (Å²) in [7, 11) is 3.59. The maximum atomic E-state index is 8.60. The Kier molecular flexibility index (Phi) is 6.84. The minimum atomic E-state index is 0.493. The van der Waals surface area contributed by atoms with Crippen molar-refractivity contribution in [1.82, 2.24) is 15.1 Å². The van der Waals surface area contributed by atoms with Gasteiger partial charge in [0.2, 0.25) is 0 Å². The van der Waals surface area contributed by atoms with Crippen molar-refractivity contribution >= 4 is 0 Å². The van der Waals surface area contributed by atoms with Crippen LogP contribution in [0.25, 0.3) is 0 Å². The van der Waals surface area contributed by atoms with E-state index in [4.69, 9.17) is 14.7 Å². The fraction of sp³-hybridized carbons (Fsp3) is 0.474. The molecule has 25 heavy (non-hydrogen) atoms. The Hall–Kier alpha value is -2.52. The molecular formula is C19H26N4O2. The Bertz CT molecular complexity index is 747. The molecule has 0 aliphatic carbocycles. The van der Waals surface area contributed by atoms with Crippen LogP contribution in [0.1, 0.15) is 35.4 Å². The lowest BCUT2D eigenvalue weighted by atomic mass is 10.1. The van der Waals surface area contributed by atoms with Crippen LogP contribution in [0.3, 0.4) is 0 Å². The van der Waals surface area contributed by atoms with Gasteiger partial charge in [-0.3, -0.25) is 4.68 Å². The first-order valence-electron chi connectivity index (χ1n) is 8.43. The van der Waals surface area contributed by atoms with E-state index in [2.05, 4.69) is 23.4 Å². The molecule has 134 valence electrons. The van der Waals surface area contributed by atoms with Gasteiger partial charge < -0.3 is 14.8 Å². The largest absolute Gasteiger partial charge is 0.493 e. The predicted molar refractivity (Wildman–Crippen MR) is 96.6 cm³/mol. The zero-order valence-electron chi connectivity index (χ0n) is 15.4. The Morgan fingerprint density at radius 1 is 1.24 bits per heavy atom. The molecule has 0 bridgehead atoms. The Morgan fingerprint density at radius 3 is 2.68 bits per heavy atom. The molecular weight excluding hydrogens is 316 g/mol. The zero-order chi connectivity index (χ0) is 18.2. The number of hydrogen-bond acceptors (Lipinski definition) is 5. The quantitative estimate of drug-likeness (QED) is 0.709. The number of nitrogens with zero attached hydrogens (tertiary/aromatic N) is 3. The minimum Gasteiger partial charge on any atom is -0.493 e. The van der Waals surface area contributed by atoms with Crippen molar-refractivity contribution in [2.24, 2.45) is 7.05 Å². The van der Waals surface area contributed by atoms with Crippen LogP contribution in [0.15, 0.2) is 18.2 Å². The van der Waals surface area contributed by atoms with Crippen LogP contribution in [0.5, 0.6) is 11.5 Å². The lowest BCUT2D eigenvalue weighted by Gasteiger charge is -2.12. The second-order valence-corrected chi connectivity index (χ2v) is 5.97. The minimum absolute atomic E-state index is 0.493. The molecule has 0 radical (unpaired) electrons. The van der Waals surface area contributed by atoms with Gasteiger partial charge in [0.15, 0.2) is 11.5 Å². The maximum absolute atomic E-state index is 8.60. The second-order valence-electron chi connectivity index (χ2n) is 5.97. The average Bonchev–Trinajstić information content (AvgIpc) is 2.85. The third-order valence-corrected chi connectivity index (χ3v) is 4.21. The van der Waals surface area contributed by atoms with Crippen LogP contribution in [0, 0.1) is 25.2 Å². The molecule has 0 aliphatic rings. The van der Waals surface area contributed by atoms with Gasteiger partial charge in [-0.1, -0.05) is 6.07 Å². The highest BCUT2D eigenvalue weighted by Gasteiger charge is 2.09. The maximum Gasteiger partial charge on any atom is 0.161 e. The number of unbranched alkanes of at least 4 members (excludes halogenated alkanes) is 1. The van der Waals surface area contributed by atoms with Gasteiger partial charge >= 0.3 is 0 Å². The van der Waals surface area contributed by atoms with Gasteiger partial charge in [0.25, 0.3) is 0 Å². The summed E-state index contributed by atoms with van der Waals surface area (Å²) in [6, 6.07) is 8.05. The van der Waals surface area contributed by atoms with Crippen molar-refractivity contribution in [1.29, 1.82) is 5.26 Å². The van der Waals surface area contributed by atoms with Gasteiger partial charge in [-0.05, 0) is 38.0 Å². The fourth-order valence-corrected chi connectivity index (χ4v) is 2.68. The molecule has 0 unspecified atom stereocenters. The van der Waals surface area contributed by atoms with E-state index in [0.29, 0.717) is 30.9 Å². The van der Waals surface area contributed by atoms with E-state index in [-0.39, 0.29) is 0 Å². The van der Waals surface area contributed by atoms with E-state index in [1.54, 1.807) is 7.11 Å². The summed E-state index contributed by atoms with van der Waals surface area (Å²) in [5.41, 5.74) is 4.60. The molecule has 2 rings (SSSR count). The van der Waals surface area contributed by atoms with Crippen LogP contribution in [-0.2, 0) is 20.1 Å². The number of rotatable bonds is 9. The number of benzene rings is 1. The molecule has 2 aromatic rings. The van der Waals surface area contributed by atoms with Gasteiger partial charge in [0, 0.05) is 37.8 Å². The highest BCUT2D eigenvalue weighted by atomic mass is 16.5. The zero-order valence-corrected chi connectivity index (χ0v) is 15.4. The molecule has 0 saturated heterocycles. The van der Waals surface area contributed by atoms with E-state index < -0.39 is 0 Å². The van der Waals surface area contributed by atoms with Gasteiger partial charge in [-0.25, -0.2) is 0 Å². The van der Waals surface area contributed by atoms with Crippen LogP contribution >= 0.6 is 0 Å². The van der Waals surface area contributed by atoms with Crippen LogP contribution in [0.2, 0.25) is 0 Å². The Balaban J connectivity index is 1.96. The number of aromatic nitrogens is 2. The molecule has 1 aromatic heterocycles. The van der Waals surface area contributed by atoms with Gasteiger partial charge in [-0.2, -0.15) is 10.4 Å². The second kappa shape index (κ2) is 9.09. The molecule has 6 heteroatoms. The van der Waals surface area contributed by atoms with Crippen molar-refractivity contribution in [3.8, 4) is 17.6 Å². The SMILES string of the molecule is COc1ccc(CNCc2c(C)nn(C)c2C)cc1OCCCC#N. The average molecular weight is 342 g/mol. The number of nitriles is 1. The fourth-order valence-electron chi connectivity index (χ4n) is 2.68. The van der Waals surface area contributed by atoms with Crippen LogP contribution in [0.4, 0.5) is 0 Å². The van der Waals surface area contributed by atoms with E-state index >= 15 is 0 Å². The molecule has 6 nitrogen and oxygen atoms in total. The van der Waals surface area contributed by atoms with Crippen molar-refractivity contribution in [2.45, 2.75) is 39.8 Å². The normalized spacial score (nSPS) is 10.5. The summed E-state index contributed by atoms with van der Waals surface area (Å²) in [6.45, 7) is 6.12. The lowest BCUT2D eigenvalue weighted by Crippen LogP contribution is -2.14. The van der Waals surface area contributed by atoms with E-state index in [1.165, 1.54) is 11.3 Å². The van der Waals surface area contributed by atoms with Gasteiger partial charge in [0.05, 0.1) is 25.5 Å². The summed E-state index contributed by atoms with van der Waals surface area (Å²) < 4.78 is 13.0. The molecule has 0 spiro atoms. The summed E-state index contributed by atoms with van der Waals surface area (Å²) in [6.07, 6.45) is 1.20.